The van der Waals surface area contributed by atoms with Gasteiger partial charge in [0.2, 0.25) is 5.91 Å². The third-order valence-electron chi connectivity index (χ3n) is 4.34. The van der Waals surface area contributed by atoms with Crippen LogP contribution < -0.4 is 5.32 Å². The molecule has 1 N–H and O–H groups in total. The number of benzene rings is 1. The highest BCUT2D eigenvalue weighted by Gasteiger charge is 2.25. The molecule has 0 spiro atoms. The van der Waals surface area contributed by atoms with Crippen molar-refractivity contribution in [3.63, 3.8) is 0 Å². The second-order valence-corrected chi connectivity index (χ2v) is 6.48. The van der Waals surface area contributed by atoms with Gasteiger partial charge in [0.25, 0.3) is 0 Å². The van der Waals surface area contributed by atoms with Crippen molar-refractivity contribution < 1.29 is 9.53 Å². The normalized spacial score (nSPS) is 16.9. The number of aryl methyl sites for hydroxylation is 1. The van der Waals surface area contributed by atoms with Crippen molar-refractivity contribution in [2.45, 2.75) is 52.5 Å². The van der Waals surface area contributed by atoms with Crippen LogP contribution in [0.1, 0.15) is 37.2 Å². The fourth-order valence-corrected chi connectivity index (χ4v) is 2.92. The fourth-order valence-electron chi connectivity index (χ4n) is 2.92. The van der Waals surface area contributed by atoms with E-state index in [0.29, 0.717) is 19.7 Å². The summed E-state index contributed by atoms with van der Waals surface area (Å²) in [5.41, 5.74) is 2.23. The Labute approximate surface area is 142 Å². The molecule has 24 heavy (non-hydrogen) atoms. The maximum Gasteiger partial charge on any atom is 0.225 e. The largest absolute Gasteiger partial charge is 0.374 e. The molecule has 128 valence electrons. The molecule has 1 aliphatic heterocycles. The van der Waals surface area contributed by atoms with Gasteiger partial charge in [-0.05, 0) is 31.4 Å². The predicted octanol–water partition coefficient (Wildman–Crippen LogP) is 2.08. The van der Waals surface area contributed by atoms with Gasteiger partial charge in [-0.15, -0.1) is 10.2 Å². The van der Waals surface area contributed by atoms with Gasteiger partial charge < -0.3 is 14.6 Å². The fraction of sp³-hybridized carbons (Fsp3) is 0.500. The van der Waals surface area contributed by atoms with Crippen LogP contribution >= 0.6 is 0 Å². The minimum atomic E-state index is -0.0208. The smallest absolute Gasteiger partial charge is 0.225 e. The van der Waals surface area contributed by atoms with Crippen LogP contribution in [0.4, 0.5) is 0 Å². The molecule has 3 rings (SSSR count). The topological polar surface area (TPSA) is 69.0 Å². The summed E-state index contributed by atoms with van der Waals surface area (Å²) < 4.78 is 7.66. The minimum Gasteiger partial charge on any atom is -0.374 e. The molecule has 0 saturated heterocycles. The molecule has 0 fully saturated rings. The molecule has 0 aliphatic carbocycles. The van der Waals surface area contributed by atoms with Crippen LogP contribution in [0.5, 0.6) is 0 Å². The third-order valence-corrected chi connectivity index (χ3v) is 4.34. The number of ether oxygens (including phenoxy) is 1. The van der Waals surface area contributed by atoms with Crippen LogP contribution in [0.3, 0.4) is 0 Å². The molecule has 1 aromatic heterocycles. The second kappa shape index (κ2) is 7.57. The summed E-state index contributed by atoms with van der Waals surface area (Å²) in [5, 5.41) is 11.0. The van der Waals surface area contributed by atoms with Gasteiger partial charge >= 0.3 is 0 Å². The number of rotatable bonds is 6. The highest BCUT2D eigenvalue weighted by atomic mass is 16.5. The number of carbonyl (C=O) groups excluding carboxylic acids is 1. The number of nitrogens with one attached hydrogen (secondary N) is 1. The van der Waals surface area contributed by atoms with E-state index in [1.807, 2.05) is 42.7 Å². The molecule has 2 heterocycles. The lowest BCUT2D eigenvalue weighted by Crippen LogP contribution is -2.35. The van der Waals surface area contributed by atoms with Crippen LogP contribution in [0.25, 0.3) is 0 Å². The van der Waals surface area contributed by atoms with E-state index in [-0.39, 0.29) is 17.9 Å². The summed E-state index contributed by atoms with van der Waals surface area (Å²) in [7, 11) is 0. The number of nitrogens with zero attached hydrogens (tertiary/aromatic N) is 3. The Morgan fingerprint density at radius 3 is 2.96 bits per heavy atom. The van der Waals surface area contributed by atoms with Crippen molar-refractivity contribution in [3.05, 3.63) is 47.5 Å². The van der Waals surface area contributed by atoms with E-state index in [1.54, 1.807) is 6.33 Å². The lowest BCUT2D eigenvalue weighted by Gasteiger charge is -2.22. The Bertz CT molecular complexity index is 696. The lowest BCUT2D eigenvalue weighted by atomic mass is 9.98. The van der Waals surface area contributed by atoms with Gasteiger partial charge in [0.05, 0.1) is 18.6 Å². The van der Waals surface area contributed by atoms with E-state index in [4.69, 9.17) is 4.74 Å². The van der Waals surface area contributed by atoms with E-state index in [2.05, 4.69) is 15.5 Å². The summed E-state index contributed by atoms with van der Waals surface area (Å²) in [6.45, 7) is 5.80. The Morgan fingerprint density at radius 1 is 1.38 bits per heavy atom. The van der Waals surface area contributed by atoms with E-state index < -0.39 is 0 Å². The zero-order valence-electron chi connectivity index (χ0n) is 14.2. The van der Waals surface area contributed by atoms with E-state index >= 15 is 0 Å². The van der Waals surface area contributed by atoms with Gasteiger partial charge in [0.15, 0.2) is 0 Å². The molecule has 6 nitrogen and oxygen atoms in total. The molecule has 0 saturated carbocycles. The number of fused-ring (bicyclic) bond motifs is 1. The molecule has 1 atom stereocenters. The molecule has 1 unspecified atom stereocenters. The van der Waals surface area contributed by atoms with Gasteiger partial charge in [-0.25, -0.2) is 0 Å². The first-order valence-corrected chi connectivity index (χ1v) is 8.46. The number of hydrogen-bond acceptors (Lipinski definition) is 4. The maximum absolute atomic E-state index is 12.5. The van der Waals surface area contributed by atoms with E-state index in [0.717, 1.165) is 29.8 Å². The van der Waals surface area contributed by atoms with Gasteiger partial charge in [-0.2, -0.15) is 0 Å². The maximum atomic E-state index is 12.5. The zero-order valence-corrected chi connectivity index (χ0v) is 14.2. The lowest BCUT2D eigenvalue weighted by molar-refractivity contribution is -0.126. The highest BCUT2D eigenvalue weighted by molar-refractivity contribution is 5.78. The first kappa shape index (κ1) is 16.6. The van der Waals surface area contributed by atoms with Crippen molar-refractivity contribution in [1.29, 1.82) is 0 Å². The molecule has 0 radical (unpaired) electrons. The summed E-state index contributed by atoms with van der Waals surface area (Å²) in [5.74, 6) is 1.04. The monoisotopic (exact) mass is 328 g/mol. The molecule has 6 heteroatoms. The Balaban J connectivity index is 1.57. The number of amides is 1. The first-order chi connectivity index (χ1) is 11.6. The molecular weight excluding hydrogens is 304 g/mol. The molecule has 0 bridgehead atoms. The molecule has 1 aromatic carbocycles. The first-order valence-electron chi connectivity index (χ1n) is 8.46. The third kappa shape index (κ3) is 4.00. The number of aromatic nitrogens is 3. The SMILES string of the molecule is CC(C)OCc1ccccc1CNC(=O)C1CCc2nncn2C1. The minimum absolute atomic E-state index is 0.0208. The van der Waals surface area contributed by atoms with Crippen molar-refractivity contribution in [2.24, 2.45) is 5.92 Å². The average molecular weight is 328 g/mol. The van der Waals surface area contributed by atoms with Crippen LogP contribution in [0.2, 0.25) is 0 Å². The van der Waals surface area contributed by atoms with Crippen LogP contribution in [-0.4, -0.2) is 26.8 Å². The van der Waals surface area contributed by atoms with Gasteiger partial charge in [-0.3, -0.25) is 4.79 Å². The van der Waals surface area contributed by atoms with Crippen LogP contribution in [0, 0.1) is 5.92 Å². The standard InChI is InChI=1S/C18H24N4O2/c1-13(2)24-11-16-6-4-3-5-14(16)9-19-18(23)15-7-8-17-21-20-12-22(17)10-15/h3-6,12-13,15H,7-11H2,1-2H3,(H,19,23). The summed E-state index contributed by atoms with van der Waals surface area (Å²) in [6.07, 6.45) is 3.51. The van der Waals surface area contributed by atoms with Crippen molar-refractivity contribution in [2.75, 3.05) is 0 Å². The predicted molar refractivity (Wildman–Crippen MR) is 90.0 cm³/mol. The van der Waals surface area contributed by atoms with Crippen molar-refractivity contribution >= 4 is 5.91 Å². The molecule has 1 aliphatic rings. The van der Waals surface area contributed by atoms with Gasteiger partial charge in [-0.1, -0.05) is 24.3 Å². The molecular formula is C18H24N4O2. The van der Waals surface area contributed by atoms with E-state index in [9.17, 15) is 4.79 Å². The number of carbonyl (C=O) groups is 1. The summed E-state index contributed by atoms with van der Waals surface area (Å²) in [4.78, 5) is 12.5. The van der Waals surface area contributed by atoms with Gasteiger partial charge in [0, 0.05) is 19.5 Å². The molecule has 1 amide bonds. The highest BCUT2D eigenvalue weighted by Crippen LogP contribution is 2.18. The van der Waals surface area contributed by atoms with Crippen molar-refractivity contribution in [1.82, 2.24) is 20.1 Å². The van der Waals surface area contributed by atoms with Crippen molar-refractivity contribution in [3.8, 4) is 0 Å². The number of hydrogen-bond donors (Lipinski definition) is 1. The van der Waals surface area contributed by atoms with E-state index in [1.165, 1.54) is 0 Å². The Hall–Kier alpha value is -2.21. The Kier molecular flexibility index (Phi) is 5.25. The summed E-state index contributed by atoms with van der Waals surface area (Å²) in [6, 6.07) is 8.08. The molecule has 2 aromatic rings. The van der Waals surface area contributed by atoms with Crippen LogP contribution in [0.15, 0.2) is 30.6 Å². The average Bonchev–Trinajstić information content (AvgIpc) is 3.06. The quantitative estimate of drug-likeness (QED) is 0.881. The zero-order chi connectivity index (χ0) is 16.9. The van der Waals surface area contributed by atoms with Gasteiger partial charge in [0.1, 0.15) is 12.2 Å². The Morgan fingerprint density at radius 2 is 2.17 bits per heavy atom. The second-order valence-electron chi connectivity index (χ2n) is 6.48. The summed E-state index contributed by atoms with van der Waals surface area (Å²) >= 11 is 0. The van der Waals surface area contributed by atoms with Crippen LogP contribution in [-0.2, 0) is 35.6 Å².